The molecular weight excluding hydrogens is 254 g/mol. The summed E-state index contributed by atoms with van der Waals surface area (Å²) in [5, 5.41) is 7.89. The van der Waals surface area contributed by atoms with Crippen molar-refractivity contribution in [2.45, 2.75) is 45.2 Å². The molecule has 1 atom stereocenters. The number of aromatic nitrogens is 4. The van der Waals surface area contributed by atoms with E-state index in [4.69, 9.17) is 0 Å². The van der Waals surface area contributed by atoms with Gasteiger partial charge in [0, 0.05) is 18.4 Å². The van der Waals surface area contributed by atoms with E-state index in [-0.39, 0.29) is 5.69 Å². The van der Waals surface area contributed by atoms with E-state index in [1.54, 1.807) is 27.7 Å². The van der Waals surface area contributed by atoms with Gasteiger partial charge in [0.2, 0.25) is 0 Å². The molecule has 1 fully saturated rings. The van der Waals surface area contributed by atoms with Crippen LogP contribution >= 0.6 is 0 Å². The number of rotatable bonds is 5. The number of hydrogen-bond donors (Lipinski definition) is 1. The predicted octanol–water partition coefficient (Wildman–Crippen LogP) is 1.06. The molecule has 0 amide bonds. The largest absolute Gasteiger partial charge is 0.350 e. The average Bonchev–Trinajstić information content (AvgIpc) is 3.08. The Labute approximate surface area is 117 Å². The van der Waals surface area contributed by atoms with Gasteiger partial charge in [-0.05, 0) is 25.3 Å². The standard InChI is InChI=1S/C14H21N5O/c1-2-16-12(11-5-3-4-6-11)10-19-14(20)18-8-7-15-9-13(18)17-19/h7-9,11-12,16H,2-6,10H2,1H3. The minimum absolute atomic E-state index is 0.0803. The van der Waals surface area contributed by atoms with E-state index in [0.717, 1.165) is 6.54 Å². The summed E-state index contributed by atoms with van der Waals surface area (Å²) >= 11 is 0. The Hall–Kier alpha value is -1.69. The first-order valence-electron chi connectivity index (χ1n) is 7.42. The third-order valence-electron chi connectivity index (χ3n) is 4.19. The van der Waals surface area contributed by atoms with E-state index in [2.05, 4.69) is 22.3 Å². The van der Waals surface area contributed by atoms with Gasteiger partial charge in [-0.25, -0.2) is 13.9 Å². The van der Waals surface area contributed by atoms with Gasteiger partial charge in [0.05, 0.1) is 12.7 Å². The Morgan fingerprint density at radius 1 is 1.45 bits per heavy atom. The van der Waals surface area contributed by atoms with E-state index in [1.807, 2.05) is 0 Å². The van der Waals surface area contributed by atoms with Crippen LogP contribution in [0.5, 0.6) is 0 Å². The molecule has 20 heavy (non-hydrogen) atoms. The maximum Gasteiger partial charge on any atom is 0.350 e. The van der Waals surface area contributed by atoms with Crippen molar-refractivity contribution in [3.05, 3.63) is 29.1 Å². The zero-order chi connectivity index (χ0) is 13.9. The lowest BCUT2D eigenvalue weighted by Gasteiger charge is -2.23. The van der Waals surface area contributed by atoms with Gasteiger partial charge in [-0.15, -0.1) is 5.10 Å². The van der Waals surface area contributed by atoms with Crippen LogP contribution in [0.25, 0.3) is 5.65 Å². The average molecular weight is 275 g/mol. The van der Waals surface area contributed by atoms with Crippen molar-refractivity contribution in [1.82, 2.24) is 24.5 Å². The van der Waals surface area contributed by atoms with Crippen molar-refractivity contribution in [2.24, 2.45) is 5.92 Å². The van der Waals surface area contributed by atoms with Gasteiger partial charge in [0.25, 0.3) is 0 Å². The third-order valence-corrected chi connectivity index (χ3v) is 4.19. The van der Waals surface area contributed by atoms with Crippen LogP contribution in [0.1, 0.15) is 32.6 Å². The molecular formula is C14H21N5O. The van der Waals surface area contributed by atoms with Gasteiger partial charge in [-0.1, -0.05) is 19.8 Å². The highest BCUT2D eigenvalue weighted by molar-refractivity contribution is 5.31. The van der Waals surface area contributed by atoms with Gasteiger partial charge in [-0.3, -0.25) is 4.98 Å². The second kappa shape index (κ2) is 5.75. The first-order chi connectivity index (χ1) is 9.79. The highest BCUT2D eigenvalue weighted by atomic mass is 16.2. The van der Waals surface area contributed by atoms with E-state index in [0.29, 0.717) is 24.2 Å². The summed E-state index contributed by atoms with van der Waals surface area (Å²) in [6.07, 6.45) is 10.0. The minimum atomic E-state index is -0.0803. The van der Waals surface area contributed by atoms with Crippen LogP contribution < -0.4 is 11.0 Å². The second-order valence-electron chi connectivity index (χ2n) is 5.48. The van der Waals surface area contributed by atoms with Crippen molar-refractivity contribution in [1.29, 1.82) is 0 Å². The summed E-state index contributed by atoms with van der Waals surface area (Å²) in [6, 6.07) is 0.332. The molecule has 6 nitrogen and oxygen atoms in total. The highest BCUT2D eigenvalue weighted by Crippen LogP contribution is 2.28. The van der Waals surface area contributed by atoms with Gasteiger partial charge >= 0.3 is 5.69 Å². The topological polar surface area (TPSA) is 64.2 Å². The Morgan fingerprint density at radius 2 is 2.25 bits per heavy atom. The number of likely N-dealkylation sites (N-methyl/N-ethyl adjacent to an activating group) is 1. The molecule has 2 heterocycles. The maximum atomic E-state index is 12.3. The maximum absolute atomic E-state index is 12.3. The highest BCUT2D eigenvalue weighted by Gasteiger charge is 2.25. The van der Waals surface area contributed by atoms with Gasteiger partial charge in [0.15, 0.2) is 5.65 Å². The van der Waals surface area contributed by atoms with Crippen molar-refractivity contribution >= 4 is 5.65 Å². The van der Waals surface area contributed by atoms with Gasteiger partial charge in [0.1, 0.15) is 0 Å². The zero-order valence-electron chi connectivity index (χ0n) is 11.8. The normalized spacial score (nSPS) is 17.9. The van der Waals surface area contributed by atoms with Crippen molar-refractivity contribution < 1.29 is 0 Å². The molecule has 108 valence electrons. The number of fused-ring (bicyclic) bond motifs is 1. The molecule has 3 rings (SSSR count). The van der Waals surface area contributed by atoms with Crippen molar-refractivity contribution in [3.63, 3.8) is 0 Å². The first-order valence-corrected chi connectivity index (χ1v) is 7.42. The summed E-state index contributed by atoms with van der Waals surface area (Å²) in [6.45, 7) is 3.67. The van der Waals surface area contributed by atoms with Crippen LogP contribution in [-0.2, 0) is 6.54 Å². The van der Waals surface area contributed by atoms with Crippen molar-refractivity contribution in [2.75, 3.05) is 6.54 Å². The minimum Gasteiger partial charge on any atom is -0.312 e. The molecule has 1 unspecified atom stereocenters. The fourth-order valence-corrected chi connectivity index (χ4v) is 3.19. The molecule has 6 heteroatoms. The fourth-order valence-electron chi connectivity index (χ4n) is 3.19. The Balaban J connectivity index is 1.86. The third kappa shape index (κ3) is 2.47. The molecule has 0 radical (unpaired) electrons. The molecule has 0 aromatic carbocycles. The summed E-state index contributed by atoms with van der Waals surface area (Å²) in [4.78, 5) is 16.3. The Bertz CT molecular complexity index is 626. The van der Waals surface area contributed by atoms with Crippen LogP contribution in [0.4, 0.5) is 0 Å². The summed E-state index contributed by atoms with van der Waals surface area (Å²) < 4.78 is 3.12. The molecule has 2 aromatic heterocycles. The van der Waals surface area contributed by atoms with E-state index >= 15 is 0 Å². The van der Waals surface area contributed by atoms with Crippen molar-refractivity contribution in [3.8, 4) is 0 Å². The quantitative estimate of drug-likeness (QED) is 0.886. The predicted molar refractivity (Wildman–Crippen MR) is 76.7 cm³/mol. The molecule has 1 N–H and O–H groups in total. The summed E-state index contributed by atoms with van der Waals surface area (Å²) in [7, 11) is 0. The van der Waals surface area contributed by atoms with Crippen LogP contribution in [-0.4, -0.2) is 31.8 Å². The van der Waals surface area contributed by atoms with Gasteiger partial charge < -0.3 is 5.32 Å². The number of nitrogens with one attached hydrogen (secondary N) is 1. The monoisotopic (exact) mass is 275 g/mol. The first kappa shape index (κ1) is 13.3. The molecule has 0 saturated heterocycles. The smallest absolute Gasteiger partial charge is 0.312 e. The molecule has 1 saturated carbocycles. The number of hydrogen-bond acceptors (Lipinski definition) is 4. The van der Waals surface area contributed by atoms with Gasteiger partial charge in [-0.2, -0.15) is 0 Å². The molecule has 1 aliphatic carbocycles. The van der Waals surface area contributed by atoms with Crippen LogP contribution in [0.2, 0.25) is 0 Å². The second-order valence-corrected chi connectivity index (χ2v) is 5.48. The lowest BCUT2D eigenvalue weighted by atomic mass is 9.98. The summed E-state index contributed by atoms with van der Waals surface area (Å²) in [5.41, 5.74) is 0.530. The Kier molecular flexibility index (Phi) is 3.82. The molecule has 0 aliphatic heterocycles. The molecule has 2 aromatic rings. The fraction of sp³-hybridized carbons (Fsp3) is 0.643. The number of nitrogens with zero attached hydrogens (tertiary/aromatic N) is 4. The van der Waals surface area contributed by atoms with E-state index in [9.17, 15) is 4.79 Å². The van der Waals surface area contributed by atoms with E-state index < -0.39 is 0 Å². The lowest BCUT2D eigenvalue weighted by molar-refractivity contribution is 0.313. The van der Waals surface area contributed by atoms with Crippen LogP contribution in [0.15, 0.2) is 23.4 Å². The zero-order valence-corrected chi connectivity index (χ0v) is 11.8. The van der Waals surface area contributed by atoms with Crippen LogP contribution in [0.3, 0.4) is 0 Å². The summed E-state index contributed by atoms with van der Waals surface area (Å²) in [5.74, 6) is 0.657. The Morgan fingerprint density at radius 3 is 2.95 bits per heavy atom. The van der Waals surface area contributed by atoms with Crippen LogP contribution in [0, 0.1) is 5.92 Å². The SMILES string of the molecule is CCNC(Cn1nc2cnccn2c1=O)C1CCCC1. The molecule has 0 spiro atoms. The van der Waals surface area contributed by atoms with E-state index in [1.165, 1.54) is 25.7 Å². The molecule has 0 bridgehead atoms. The lowest BCUT2D eigenvalue weighted by Crippen LogP contribution is -2.41. The molecule has 1 aliphatic rings.